The zero-order valence-corrected chi connectivity index (χ0v) is 21.7. The van der Waals surface area contributed by atoms with Gasteiger partial charge in [-0.25, -0.2) is 0 Å². The minimum Gasteiger partial charge on any atom is -0.331 e. The lowest BCUT2D eigenvalue weighted by Crippen LogP contribution is -2.65. The molecule has 4 rings (SSSR count). The van der Waals surface area contributed by atoms with E-state index in [-0.39, 0.29) is 0 Å². The van der Waals surface area contributed by atoms with E-state index in [4.69, 9.17) is 0 Å². The Bertz CT molecular complexity index is 640. The van der Waals surface area contributed by atoms with E-state index in [2.05, 4.69) is 0 Å². The molecular formula is C28H44F4N2O2. The molecule has 4 aliphatic rings. The van der Waals surface area contributed by atoms with Crippen molar-refractivity contribution in [3.8, 4) is 0 Å². The fourth-order valence-corrected chi connectivity index (χ4v) is 7.29. The highest BCUT2D eigenvalue weighted by atomic mass is 19.3. The van der Waals surface area contributed by atoms with Crippen LogP contribution in [-0.2, 0) is 9.59 Å². The third kappa shape index (κ3) is 5.72. The molecule has 0 N–H and O–H groups in total. The maximum atomic E-state index is 15.7. The Morgan fingerprint density at radius 2 is 0.611 bits per heavy atom. The van der Waals surface area contributed by atoms with E-state index in [1.165, 1.54) is 0 Å². The Morgan fingerprint density at radius 3 is 0.806 bits per heavy atom. The molecule has 0 aromatic heterocycles. The average Bonchev–Trinajstić information content (AvgIpc) is 2.91. The van der Waals surface area contributed by atoms with Crippen molar-refractivity contribution < 1.29 is 27.2 Å². The smallest absolute Gasteiger partial charge is 0.331 e. The van der Waals surface area contributed by atoms with E-state index >= 15 is 17.6 Å². The first-order valence-electron chi connectivity index (χ1n) is 14.7. The average molecular weight is 517 g/mol. The van der Waals surface area contributed by atoms with Crippen LogP contribution in [0.1, 0.15) is 128 Å². The van der Waals surface area contributed by atoms with Crippen LogP contribution in [0.15, 0.2) is 0 Å². The predicted molar refractivity (Wildman–Crippen MR) is 131 cm³/mol. The summed E-state index contributed by atoms with van der Waals surface area (Å²) in [5.74, 6) is -13.8. The minimum absolute atomic E-state index is 0.445. The lowest BCUT2D eigenvalue weighted by Gasteiger charge is -2.46. The zero-order chi connectivity index (χ0) is 25.8. The van der Waals surface area contributed by atoms with E-state index < -0.39 is 47.8 Å². The van der Waals surface area contributed by atoms with Gasteiger partial charge in [-0.1, -0.05) is 77.0 Å². The molecule has 4 saturated carbocycles. The van der Waals surface area contributed by atoms with Crippen LogP contribution in [0.25, 0.3) is 0 Å². The molecule has 0 aromatic rings. The second-order valence-electron chi connectivity index (χ2n) is 11.7. The lowest BCUT2D eigenvalue weighted by molar-refractivity contribution is -0.229. The Balaban J connectivity index is 1.61. The van der Waals surface area contributed by atoms with Gasteiger partial charge in [0, 0.05) is 24.2 Å². The second kappa shape index (κ2) is 12.0. The molecule has 4 fully saturated rings. The molecule has 4 aliphatic carbocycles. The fraction of sp³-hybridized carbons (Fsp3) is 0.929. The number of rotatable bonds is 7. The summed E-state index contributed by atoms with van der Waals surface area (Å²) < 4.78 is 62.8. The quantitative estimate of drug-likeness (QED) is 0.335. The van der Waals surface area contributed by atoms with Crippen LogP contribution in [0.3, 0.4) is 0 Å². The van der Waals surface area contributed by atoms with Gasteiger partial charge in [0.2, 0.25) is 0 Å². The molecule has 36 heavy (non-hydrogen) atoms. The lowest BCUT2D eigenvalue weighted by atomic mass is 9.86. The first-order chi connectivity index (χ1) is 17.2. The van der Waals surface area contributed by atoms with Crippen molar-refractivity contribution in [2.75, 3.05) is 0 Å². The molecule has 0 saturated heterocycles. The standard InChI is InChI=1S/C28H44F4N2O2/c29-27(30,25(35)33(21-13-5-1-6-14-21)22-15-7-2-8-16-22)28(31,32)26(36)34(23-17-9-3-10-18-23)24-19-11-4-12-20-24/h21-24H,1-20H2. The van der Waals surface area contributed by atoms with Gasteiger partial charge in [0.25, 0.3) is 0 Å². The van der Waals surface area contributed by atoms with E-state index in [9.17, 15) is 9.59 Å². The Labute approximate surface area is 213 Å². The Morgan fingerprint density at radius 1 is 0.417 bits per heavy atom. The highest BCUT2D eigenvalue weighted by Gasteiger charge is 2.70. The molecule has 0 heterocycles. The number of hydrogen-bond acceptors (Lipinski definition) is 2. The van der Waals surface area contributed by atoms with Crippen LogP contribution in [0, 0.1) is 0 Å². The summed E-state index contributed by atoms with van der Waals surface area (Å²) >= 11 is 0. The van der Waals surface area contributed by atoms with Gasteiger partial charge >= 0.3 is 23.7 Å². The van der Waals surface area contributed by atoms with E-state index in [0.29, 0.717) is 51.4 Å². The Kier molecular flexibility index (Phi) is 9.24. The highest BCUT2D eigenvalue weighted by Crippen LogP contribution is 2.43. The van der Waals surface area contributed by atoms with Crippen LogP contribution >= 0.6 is 0 Å². The highest BCUT2D eigenvalue weighted by molar-refractivity contribution is 5.95. The maximum absolute atomic E-state index is 15.7. The predicted octanol–water partition coefficient (Wildman–Crippen LogP) is 7.25. The summed E-state index contributed by atoms with van der Waals surface area (Å²) in [6.45, 7) is 0. The van der Waals surface area contributed by atoms with Crippen molar-refractivity contribution >= 4 is 11.8 Å². The third-order valence-electron chi connectivity index (χ3n) is 9.27. The number of carbonyl (C=O) groups is 2. The molecule has 0 atom stereocenters. The van der Waals surface area contributed by atoms with Crippen LogP contribution in [0.4, 0.5) is 17.6 Å². The second-order valence-corrected chi connectivity index (χ2v) is 11.7. The molecule has 206 valence electrons. The molecule has 0 aliphatic heterocycles. The van der Waals surface area contributed by atoms with Gasteiger partial charge < -0.3 is 9.80 Å². The molecule has 2 amide bonds. The summed E-state index contributed by atoms with van der Waals surface area (Å²) in [7, 11) is 0. The zero-order valence-electron chi connectivity index (χ0n) is 21.7. The summed E-state index contributed by atoms with van der Waals surface area (Å²) in [5, 5.41) is 0. The number of alkyl halides is 4. The van der Waals surface area contributed by atoms with Crippen LogP contribution in [0.2, 0.25) is 0 Å². The normalized spacial score (nSPS) is 24.4. The number of nitrogens with zero attached hydrogens (tertiary/aromatic N) is 2. The van der Waals surface area contributed by atoms with Crippen molar-refractivity contribution in [3.63, 3.8) is 0 Å². The number of amides is 2. The summed E-state index contributed by atoms with van der Waals surface area (Å²) in [4.78, 5) is 29.1. The maximum Gasteiger partial charge on any atom is 0.395 e. The number of halogens is 4. The van der Waals surface area contributed by atoms with E-state index in [1.54, 1.807) is 0 Å². The summed E-state index contributed by atoms with van der Waals surface area (Å²) in [6.07, 6.45) is 14.8. The van der Waals surface area contributed by atoms with Gasteiger partial charge in [0.15, 0.2) is 0 Å². The monoisotopic (exact) mass is 516 g/mol. The first-order valence-corrected chi connectivity index (χ1v) is 14.7. The van der Waals surface area contributed by atoms with Crippen molar-refractivity contribution in [2.24, 2.45) is 0 Å². The van der Waals surface area contributed by atoms with Crippen molar-refractivity contribution in [1.82, 2.24) is 9.80 Å². The van der Waals surface area contributed by atoms with Crippen LogP contribution < -0.4 is 0 Å². The molecular weight excluding hydrogens is 472 g/mol. The third-order valence-corrected chi connectivity index (χ3v) is 9.27. The summed E-state index contributed by atoms with van der Waals surface area (Å²) in [5.41, 5.74) is 0. The topological polar surface area (TPSA) is 40.6 Å². The van der Waals surface area contributed by atoms with Crippen molar-refractivity contribution in [2.45, 2.75) is 164 Å². The Hall–Kier alpha value is -1.34. The molecule has 0 spiro atoms. The molecule has 0 aromatic carbocycles. The summed E-state index contributed by atoms with van der Waals surface area (Å²) in [6, 6.07) is -1.78. The minimum atomic E-state index is -5.05. The largest absolute Gasteiger partial charge is 0.395 e. The molecule has 8 heteroatoms. The van der Waals surface area contributed by atoms with Gasteiger partial charge in [-0.05, 0) is 51.4 Å². The number of carbonyl (C=O) groups excluding carboxylic acids is 2. The van der Waals surface area contributed by atoms with E-state index in [1.807, 2.05) is 0 Å². The van der Waals surface area contributed by atoms with Gasteiger partial charge in [0.05, 0.1) is 0 Å². The van der Waals surface area contributed by atoms with Gasteiger partial charge in [-0.3, -0.25) is 9.59 Å². The molecule has 0 bridgehead atoms. The van der Waals surface area contributed by atoms with Gasteiger partial charge in [-0.15, -0.1) is 0 Å². The van der Waals surface area contributed by atoms with Gasteiger partial charge in [-0.2, -0.15) is 17.6 Å². The fourth-order valence-electron chi connectivity index (χ4n) is 7.29. The SMILES string of the molecule is O=C(N(C1CCCCC1)C1CCCCC1)C(F)(F)C(F)(F)C(=O)N(C1CCCCC1)C1CCCCC1. The van der Waals surface area contributed by atoms with Crippen LogP contribution in [0.5, 0.6) is 0 Å². The van der Waals surface area contributed by atoms with E-state index in [0.717, 1.165) is 86.8 Å². The molecule has 4 nitrogen and oxygen atoms in total. The van der Waals surface area contributed by atoms with Crippen molar-refractivity contribution in [3.05, 3.63) is 0 Å². The van der Waals surface area contributed by atoms with Gasteiger partial charge in [0.1, 0.15) is 0 Å². The first kappa shape index (κ1) is 27.7. The molecule has 0 radical (unpaired) electrons. The van der Waals surface area contributed by atoms with Crippen LogP contribution in [-0.4, -0.2) is 57.6 Å². The number of hydrogen-bond donors (Lipinski definition) is 0. The van der Waals surface area contributed by atoms with Crippen molar-refractivity contribution in [1.29, 1.82) is 0 Å². The molecule has 0 unspecified atom stereocenters.